The lowest BCUT2D eigenvalue weighted by molar-refractivity contribution is -0.139. The van der Waals surface area contributed by atoms with Crippen molar-refractivity contribution in [2.45, 2.75) is 45.2 Å². The monoisotopic (exact) mass is 567 g/mol. The number of aryl methyl sites for hydroxylation is 2. The Morgan fingerprint density at radius 3 is 2.10 bits per heavy atom. The number of nitrogens with one attached hydrogen (secondary N) is 1. The summed E-state index contributed by atoms with van der Waals surface area (Å²) in [4.78, 5) is 28.3. The van der Waals surface area contributed by atoms with Crippen molar-refractivity contribution in [2.24, 2.45) is 0 Å². The molecule has 0 saturated heterocycles. The average Bonchev–Trinajstić information content (AvgIpc) is 2.94. The van der Waals surface area contributed by atoms with Gasteiger partial charge in [-0.15, -0.1) is 0 Å². The quantitative estimate of drug-likeness (QED) is 0.354. The fourth-order valence-corrected chi connectivity index (χ4v) is 5.59. The van der Waals surface area contributed by atoms with E-state index in [0.717, 1.165) is 21.0 Å². The molecule has 214 valence electrons. The number of amides is 2. The third-order valence-electron chi connectivity index (χ3n) is 6.52. The molecule has 3 rings (SSSR count). The van der Waals surface area contributed by atoms with Gasteiger partial charge in [0.15, 0.2) is 0 Å². The molecule has 0 heterocycles. The number of hydrogen-bond donors (Lipinski definition) is 1. The number of carbonyl (C=O) groups excluding carboxylic acids is 2. The molecule has 0 fully saturated rings. The molecule has 0 spiro atoms. The summed E-state index contributed by atoms with van der Waals surface area (Å²) in [5.74, 6) is 0.0622. The molecule has 10 heteroatoms. The van der Waals surface area contributed by atoms with Gasteiger partial charge >= 0.3 is 0 Å². The highest BCUT2D eigenvalue weighted by atomic mass is 32.2. The van der Waals surface area contributed by atoms with Crippen LogP contribution in [0.2, 0.25) is 0 Å². The Labute approximate surface area is 236 Å². The van der Waals surface area contributed by atoms with E-state index in [1.54, 1.807) is 75.6 Å². The Hall–Kier alpha value is -4.05. The molecular formula is C30H37N3O6S. The topological polar surface area (TPSA) is 105 Å². The molecule has 0 aliphatic carbocycles. The molecule has 2 amide bonds. The minimum Gasteiger partial charge on any atom is -0.497 e. The summed E-state index contributed by atoms with van der Waals surface area (Å²) in [5, 5.41) is 2.75. The van der Waals surface area contributed by atoms with Crippen molar-refractivity contribution >= 4 is 27.5 Å². The van der Waals surface area contributed by atoms with Crippen LogP contribution in [0.4, 0.5) is 5.69 Å². The van der Waals surface area contributed by atoms with Crippen LogP contribution >= 0.6 is 0 Å². The Morgan fingerprint density at radius 2 is 1.52 bits per heavy atom. The third-order valence-corrected chi connectivity index (χ3v) is 8.30. The van der Waals surface area contributed by atoms with Crippen molar-refractivity contribution in [1.82, 2.24) is 10.2 Å². The zero-order valence-electron chi connectivity index (χ0n) is 23.8. The fourth-order valence-electron chi connectivity index (χ4n) is 4.18. The lowest BCUT2D eigenvalue weighted by Crippen LogP contribution is -2.51. The summed E-state index contributed by atoms with van der Waals surface area (Å²) in [6.07, 6.45) is 0. The zero-order chi connectivity index (χ0) is 29.4. The average molecular weight is 568 g/mol. The van der Waals surface area contributed by atoms with Crippen LogP contribution in [0, 0.1) is 13.8 Å². The molecule has 0 unspecified atom stereocenters. The third kappa shape index (κ3) is 7.12. The summed E-state index contributed by atoms with van der Waals surface area (Å²) in [6, 6.07) is 17.8. The Kier molecular flexibility index (Phi) is 10.2. The highest BCUT2D eigenvalue weighted by molar-refractivity contribution is 7.92. The minimum atomic E-state index is -4.20. The second-order valence-corrected chi connectivity index (χ2v) is 11.3. The van der Waals surface area contributed by atoms with Crippen LogP contribution in [0.3, 0.4) is 0 Å². The molecule has 0 aromatic heterocycles. The standard InChI is InChI=1S/C30H37N3O6S/c1-7-31-30(35)23(4)32(19-24-11-13-25(38-5)14-12-24)29(34)20-33(27-18-22(3)10-17-28(27)39-6)40(36,37)26-15-8-21(2)9-16-26/h8-18,23H,7,19-20H2,1-6H3,(H,31,35)/t23-/m0/s1. The van der Waals surface area contributed by atoms with Crippen LogP contribution in [0.1, 0.15) is 30.5 Å². The van der Waals surface area contributed by atoms with E-state index in [1.165, 1.54) is 24.1 Å². The number of benzene rings is 3. The Morgan fingerprint density at radius 1 is 0.900 bits per heavy atom. The first-order valence-corrected chi connectivity index (χ1v) is 14.4. The van der Waals surface area contributed by atoms with Crippen molar-refractivity contribution in [3.63, 3.8) is 0 Å². The molecule has 9 nitrogen and oxygen atoms in total. The van der Waals surface area contributed by atoms with Gasteiger partial charge in [-0.1, -0.05) is 35.9 Å². The predicted octanol–water partition coefficient (Wildman–Crippen LogP) is 4.07. The first kappa shape index (κ1) is 30.5. The lowest BCUT2D eigenvalue weighted by Gasteiger charge is -2.32. The molecule has 3 aromatic carbocycles. The van der Waals surface area contributed by atoms with Crippen LogP contribution in [-0.4, -0.2) is 58.5 Å². The van der Waals surface area contributed by atoms with Gasteiger partial charge in [0.2, 0.25) is 11.8 Å². The summed E-state index contributed by atoms with van der Waals surface area (Å²) in [7, 11) is -1.19. The maximum atomic E-state index is 14.0. The van der Waals surface area contributed by atoms with Gasteiger partial charge in [0.1, 0.15) is 24.1 Å². The van der Waals surface area contributed by atoms with Crippen LogP contribution in [0.5, 0.6) is 11.5 Å². The normalized spacial score (nSPS) is 11.8. The summed E-state index contributed by atoms with van der Waals surface area (Å²) in [5.41, 5.74) is 2.67. The SMILES string of the molecule is CCNC(=O)[C@H](C)N(Cc1ccc(OC)cc1)C(=O)CN(c1cc(C)ccc1OC)S(=O)(=O)c1ccc(C)cc1. The maximum Gasteiger partial charge on any atom is 0.264 e. The lowest BCUT2D eigenvalue weighted by atomic mass is 10.1. The highest BCUT2D eigenvalue weighted by Crippen LogP contribution is 2.34. The van der Waals surface area contributed by atoms with Gasteiger partial charge in [-0.2, -0.15) is 0 Å². The van der Waals surface area contributed by atoms with E-state index >= 15 is 0 Å². The number of hydrogen-bond acceptors (Lipinski definition) is 6. The van der Waals surface area contributed by atoms with E-state index in [0.29, 0.717) is 18.0 Å². The van der Waals surface area contributed by atoms with Crippen molar-refractivity contribution in [3.8, 4) is 11.5 Å². The number of sulfonamides is 1. The van der Waals surface area contributed by atoms with Crippen LogP contribution in [0.15, 0.2) is 71.6 Å². The Balaban J connectivity index is 2.09. The number of rotatable bonds is 12. The number of nitrogens with zero attached hydrogens (tertiary/aromatic N) is 2. The first-order chi connectivity index (χ1) is 19.0. The number of anilines is 1. The molecule has 1 atom stereocenters. The number of methoxy groups -OCH3 is 2. The van der Waals surface area contributed by atoms with Crippen LogP contribution < -0.4 is 19.1 Å². The van der Waals surface area contributed by atoms with Gasteiger partial charge in [-0.3, -0.25) is 13.9 Å². The van der Waals surface area contributed by atoms with Crippen LogP contribution in [0.25, 0.3) is 0 Å². The van der Waals surface area contributed by atoms with Gasteiger partial charge in [-0.25, -0.2) is 8.42 Å². The molecule has 0 bridgehead atoms. The van der Waals surface area contributed by atoms with Gasteiger partial charge in [0.05, 0.1) is 24.8 Å². The smallest absolute Gasteiger partial charge is 0.264 e. The molecule has 0 saturated carbocycles. The van der Waals surface area contributed by atoms with Crippen LogP contribution in [-0.2, 0) is 26.2 Å². The molecule has 1 N–H and O–H groups in total. The molecule has 0 radical (unpaired) electrons. The molecular weight excluding hydrogens is 530 g/mol. The largest absolute Gasteiger partial charge is 0.497 e. The van der Waals surface area contributed by atoms with E-state index in [1.807, 2.05) is 13.8 Å². The van der Waals surface area contributed by atoms with Gasteiger partial charge in [-0.05, 0) is 75.2 Å². The van der Waals surface area contributed by atoms with E-state index in [-0.39, 0.29) is 23.0 Å². The number of likely N-dealkylation sites (N-methyl/N-ethyl adjacent to an activating group) is 1. The molecule has 3 aromatic rings. The molecule has 0 aliphatic heterocycles. The van der Waals surface area contributed by atoms with Gasteiger partial charge in [0, 0.05) is 13.1 Å². The summed E-state index contributed by atoms with van der Waals surface area (Å²) < 4.78 is 39.8. The van der Waals surface area contributed by atoms with E-state index in [9.17, 15) is 18.0 Å². The van der Waals surface area contributed by atoms with Gasteiger partial charge < -0.3 is 19.7 Å². The molecule has 40 heavy (non-hydrogen) atoms. The van der Waals surface area contributed by atoms with Crippen molar-refractivity contribution < 1.29 is 27.5 Å². The van der Waals surface area contributed by atoms with E-state index in [4.69, 9.17) is 9.47 Å². The minimum absolute atomic E-state index is 0.0351. The fraction of sp³-hybridized carbons (Fsp3) is 0.333. The van der Waals surface area contributed by atoms with Crippen molar-refractivity contribution in [1.29, 1.82) is 0 Å². The van der Waals surface area contributed by atoms with Gasteiger partial charge in [0.25, 0.3) is 10.0 Å². The van der Waals surface area contributed by atoms with Crippen molar-refractivity contribution in [3.05, 3.63) is 83.4 Å². The first-order valence-electron chi connectivity index (χ1n) is 13.0. The summed E-state index contributed by atoms with van der Waals surface area (Å²) in [6.45, 7) is 7.04. The second kappa shape index (κ2) is 13.3. The Bertz CT molecular complexity index is 1420. The second-order valence-electron chi connectivity index (χ2n) is 9.44. The summed E-state index contributed by atoms with van der Waals surface area (Å²) >= 11 is 0. The number of ether oxygens (including phenoxy) is 2. The maximum absolute atomic E-state index is 14.0. The molecule has 0 aliphatic rings. The number of carbonyl (C=O) groups is 2. The zero-order valence-corrected chi connectivity index (χ0v) is 24.6. The van der Waals surface area contributed by atoms with Crippen molar-refractivity contribution in [2.75, 3.05) is 31.6 Å². The van der Waals surface area contributed by atoms with E-state index < -0.39 is 28.5 Å². The highest BCUT2D eigenvalue weighted by Gasteiger charge is 2.33. The predicted molar refractivity (Wildman–Crippen MR) is 155 cm³/mol. The van der Waals surface area contributed by atoms with E-state index in [2.05, 4.69) is 5.32 Å².